The van der Waals surface area contributed by atoms with Gasteiger partial charge in [0.1, 0.15) is 0 Å². The molecule has 0 saturated heterocycles. The maximum Gasteiger partial charge on any atom is 0.0913 e. The van der Waals surface area contributed by atoms with Gasteiger partial charge in [-0.25, -0.2) is 0 Å². The van der Waals surface area contributed by atoms with Crippen LogP contribution in [-0.4, -0.2) is 23.7 Å². The summed E-state index contributed by atoms with van der Waals surface area (Å²) in [6.45, 7) is 0.803. The minimum Gasteiger partial charge on any atom is -0.411 e. The standard InChI is InChI=1S/C6H8N2O/c9-8-5-6-3-1-2-4-7-6/h1,3,5,9H,2,4H2/b8-5+. The molecule has 0 fully saturated rings. The molecule has 0 unspecified atom stereocenters. The van der Waals surface area contributed by atoms with Gasteiger partial charge in [0, 0.05) is 6.54 Å². The first-order valence-electron chi connectivity index (χ1n) is 2.82. The Kier molecular flexibility index (Phi) is 2.01. The van der Waals surface area contributed by atoms with Gasteiger partial charge in [-0.3, -0.25) is 4.99 Å². The molecule has 0 saturated carbocycles. The van der Waals surface area contributed by atoms with Gasteiger partial charge < -0.3 is 5.21 Å². The third-order valence-corrected chi connectivity index (χ3v) is 1.07. The molecule has 1 aliphatic rings. The van der Waals surface area contributed by atoms with Crippen molar-refractivity contribution in [3.8, 4) is 0 Å². The molecule has 3 nitrogen and oxygen atoms in total. The van der Waals surface area contributed by atoms with E-state index in [1.54, 1.807) is 0 Å². The van der Waals surface area contributed by atoms with Crippen LogP contribution in [0, 0.1) is 0 Å². The van der Waals surface area contributed by atoms with Gasteiger partial charge in [0.15, 0.2) is 0 Å². The van der Waals surface area contributed by atoms with E-state index in [1.807, 2.05) is 12.2 Å². The van der Waals surface area contributed by atoms with E-state index < -0.39 is 0 Å². The molecule has 1 heterocycles. The zero-order chi connectivity index (χ0) is 6.53. The Bertz CT molecular complexity index is 166. The first-order chi connectivity index (χ1) is 4.43. The molecule has 1 rings (SSSR count). The van der Waals surface area contributed by atoms with Crippen LogP contribution in [-0.2, 0) is 0 Å². The summed E-state index contributed by atoms with van der Waals surface area (Å²) in [5.41, 5.74) is 0.740. The summed E-state index contributed by atoms with van der Waals surface area (Å²) in [7, 11) is 0. The molecule has 0 bridgehead atoms. The number of dihydropyridines is 1. The molecule has 1 N–H and O–H groups in total. The van der Waals surface area contributed by atoms with E-state index in [4.69, 9.17) is 5.21 Å². The Morgan fingerprint density at radius 3 is 3.22 bits per heavy atom. The van der Waals surface area contributed by atoms with E-state index in [0.29, 0.717) is 0 Å². The maximum absolute atomic E-state index is 8.07. The predicted molar refractivity (Wildman–Crippen MR) is 36.3 cm³/mol. The Morgan fingerprint density at radius 2 is 2.67 bits per heavy atom. The molecule has 0 amide bonds. The lowest BCUT2D eigenvalue weighted by Crippen LogP contribution is -2.00. The number of oxime groups is 1. The van der Waals surface area contributed by atoms with E-state index in [1.165, 1.54) is 6.21 Å². The zero-order valence-corrected chi connectivity index (χ0v) is 4.99. The van der Waals surface area contributed by atoms with Crippen LogP contribution in [0.15, 0.2) is 22.3 Å². The average molecular weight is 124 g/mol. The van der Waals surface area contributed by atoms with Crippen LogP contribution in [0.1, 0.15) is 6.42 Å². The van der Waals surface area contributed by atoms with Gasteiger partial charge in [0.2, 0.25) is 0 Å². The van der Waals surface area contributed by atoms with Gasteiger partial charge in [-0.15, -0.1) is 0 Å². The lowest BCUT2D eigenvalue weighted by molar-refractivity contribution is 0.322. The highest BCUT2D eigenvalue weighted by Crippen LogP contribution is 1.93. The molecule has 0 atom stereocenters. The molecule has 1 aliphatic heterocycles. The normalized spacial score (nSPS) is 18.4. The summed E-state index contributed by atoms with van der Waals surface area (Å²) in [6, 6.07) is 0. The van der Waals surface area contributed by atoms with E-state index in [-0.39, 0.29) is 0 Å². The molecule has 0 spiro atoms. The van der Waals surface area contributed by atoms with Gasteiger partial charge >= 0.3 is 0 Å². The van der Waals surface area contributed by atoms with Crippen molar-refractivity contribution < 1.29 is 5.21 Å². The van der Waals surface area contributed by atoms with Gasteiger partial charge in [-0.05, 0) is 12.5 Å². The second-order valence-corrected chi connectivity index (χ2v) is 1.74. The Labute approximate surface area is 53.4 Å². The third kappa shape index (κ3) is 1.68. The largest absolute Gasteiger partial charge is 0.411 e. The molecule has 9 heavy (non-hydrogen) atoms. The van der Waals surface area contributed by atoms with Crippen LogP contribution in [0.25, 0.3) is 0 Å². The lowest BCUT2D eigenvalue weighted by atomic mass is 10.2. The fourth-order valence-electron chi connectivity index (χ4n) is 0.668. The molecular weight excluding hydrogens is 116 g/mol. The summed E-state index contributed by atoms with van der Waals surface area (Å²) >= 11 is 0. The van der Waals surface area contributed by atoms with Crippen LogP contribution in [0.3, 0.4) is 0 Å². The lowest BCUT2D eigenvalue weighted by Gasteiger charge is -1.97. The highest BCUT2D eigenvalue weighted by molar-refractivity contribution is 6.35. The number of hydrogen-bond donors (Lipinski definition) is 1. The molecule has 48 valence electrons. The van der Waals surface area contributed by atoms with Crippen LogP contribution in [0.2, 0.25) is 0 Å². The van der Waals surface area contributed by atoms with E-state index in [0.717, 1.165) is 18.7 Å². The Morgan fingerprint density at radius 1 is 1.78 bits per heavy atom. The summed E-state index contributed by atoms with van der Waals surface area (Å²) in [6.07, 6.45) is 6.16. The van der Waals surface area contributed by atoms with Crippen LogP contribution >= 0.6 is 0 Å². The fraction of sp³-hybridized carbons (Fsp3) is 0.333. The van der Waals surface area contributed by atoms with Gasteiger partial charge in [0.25, 0.3) is 0 Å². The maximum atomic E-state index is 8.07. The minimum atomic E-state index is 0.740. The molecule has 0 radical (unpaired) electrons. The number of allylic oxidation sites excluding steroid dienone is 1. The number of rotatable bonds is 1. The summed E-state index contributed by atoms with van der Waals surface area (Å²) in [5.74, 6) is 0. The van der Waals surface area contributed by atoms with Gasteiger partial charge in [-0.2, -0.15) is 0 Å². The summed E-state index contributed by atoms with van der Waals surface area (Å²) < 4.78 is 0. The number of aliphatic imine (C=N–C) groups is 1. The fourth-order valence-corrected chi connectivity index (χ4v) is 0.668. The van der Waals surface area contributed by atoms with E-state index in [9.17, 15) is 0 Å². The van der Waals surface area contributed by atoms with Gasteiger partial charge in [0.05, 0.1) is 11.9 Å². The topological polar surface area (TPSA) is 45.0 Å². The Balaban J connectivity index is 2.58. The molecule has 0 aliphatic carbocycles. The molecule has 0 aromatic carbocycles. The van der Waals surface area contributed by atoms with Crippen molar-refractivity contribution in [2.45, 2.75) is 6.42 Å². The average Bonchev–Trinajstić information content (AvgIpc) is 1.91. The first kappa shape index (κ1) is 6.01. The van der Waals surface area contributed by atoms with E-state index in [2.05, 4.69) is 10.1 Å². The SMILES string of the molecule is O/N=C/C1=NCCC=C1. The zero-order valence-electron chi connectivity index (χ0n) is 4.99. The van der Waals surface area contributed by atoms with Crippen molar-refractivity contribution in [1.82, 2.24) is 0 Å². The Hall–Kier alpha value is -1.12. The highest BCUT2D eigenvalue weighted by Gasteiger charge is 1.92. The number of hydrogen-bond acceptors (Lipinski definition) is 3. The van der Waals surface area contributed by atoms with Crippen molar-refractivity contribution in [2.75, 3.05) is 6.54 Å². The first-order valence-corrected chi connectivity index (χ1v) is 2.82. The number of nitrogens with zero attached hydrogens (tertiary/aromatic N) is 2. The second kappa shape index (κ2) is 3.02. The van der Waals surface area contributed by atoms with Crippen molar-refractivity contribution in [3.63, 3.8) is 0 Å². The van der Waals surface area contributed by atoms with Crippen molar-refractivity contribution in [3.05, 3.63) is 12.2 Å². The minimum absolute atomic E-state index is 0.740. The van der Waals surface area contributed by atoms with Crippen LogP contribution in [0.4, 0.5) is 0 Å². The van der Waals surface area contributed by atoms with Crippen molar-refractivity contribution in [2.24, 2.45) is 10.1 Å². The van der Waals surface area contributed by atoms with Gasteiger partial charge in [-0.1, -0.05) is 11.2 Å². The highest BCUT2D eigenvalue weighted by atomic mass is 16.4. The second-order valence-electron chi connectivity index (χ2n) is 1.74. The summed E-state index contributed by atoms with van der Waals surface area (Å²) in [5, 5.41) is 10.9. The molecule has 3 heteroatoms. The van der Waals surface area contributed by atoms with Crippen molar-refractivity contribution in [1.29, 1.82) is 0 Å². The van der Waals surface area contributed by atoms with Crippen LogP contribution < -0.4 is 0 Å². The monoisotopic (exact) mass is 124 g/mol. The third-order valence-electron chi connectivity index (χ3n) is 1.07. The summed E-state index contributed by atoms with van der Waals surface area (Å²) in [4.78, 5) is 4.04. The molecule has 0 aromatic heterocycles. The molecule has 0 aromatic rings. The van der Waals surface area contributed by atoms with Crippen molar-refractivity contribution >= 4 is 11.9 Å². The van der Waals surface area contributed by atoms with E-state index >= 15 is 0 Å². The molecular formula is C6H8N2O. The predicted octanol–water partition coefficient (Wildman–Crippen LogP) is 0.847. The quantitative estimate of drug-likeness (QED) is 0.314. The van der Waals surface area contributed by atoms with Crippen LogP contribution in [0.5, 0.6) is 0 Å². The smallest absolute Gasteiger partial charge is 0.0913 e.